The maximum atomic E-state index is 12.1. The largest absolute Gasteiger partial charge is 0.450 e. The quantitative estimate of drug-likeness (QED) is 0.832. The highest BCUT2D eigenvalue weighted by Gasteiger charge is 2.41. The lowest BCUT2D eigenvalue weighted by molar-refractivity contribution is 0.245. The molecule has 7 heteroatoms. The van der Waals surface area contributed by atoms with Gasteiger partial charge in [-0.05, 0) is 40.6 Å². The Morgan fingerprint density at radius 1 is 1.56 bits per heavy atom. The number of sulfonamides is 1. The molecule has 1 aliphatic carbocycles. The Kier molecular flexibility index (Phi) is 3.87. The summed E-state index contributed by atoms with van der Waals surface area (Å²) >= 11 is 3.05. The Bertz CT molecular complexity index is 533. The molecular weight excluding hydrogens is 322 g/mol. The van der Waals surface area contributed by atoms with Crippen LogP contribution >= 0.6 is 15.9 Å². The van der Waals surface area contributed by atoms with Crippen molar-refractivity contribution in [2.45, 2.75) is 37.7 Å². The van der Waals surface area contributed by atoms with Crippen LogP contribution in [0, 0.1) is 5.41 Å². The van der Waals surface area contributed by atoms with Crippen molar-refractivity contribution in [3.05, 3.63) is 16.5 Å². The molecule has 0 unspecified atom stereocenters. The minimum Gasteiger partial charge on any atom is -0.450 e. The maximum absolute atomic E-state index is 12.1. The highest BCUT2D eigenvalue weighted by Crippen LogP contribution is 2.48. The first-order valence-electron chi connectivity index (χ1n) is 5.81. The van der Waals surface area contributed by atoms with Crippen molar-refractivity contribution in [1.82, 2.24) is 4.72 Å². The van der Waals surface area contributed by atoms with Gasteiger partial charge in [-0.3, -0.25) is 0 Å². The van der Waals surface area contributed by atoms with Crippen LogP contribution in [0.2, 0.25) is 0 Å². The van der Waals surface area contributed by atoms with Crippen molar-refractivity contribution in [2.24, 2.45) is 5.41 Å². The summed E-state index contributed by atoms with van der Waals surface area (Å²) in [6.07, 6.45) is 3.12. The molecule has 1 aromatic rings. The Morgan fingerprint density at radius 2 is 2.22 bits per heavy atom. The molecule has 1 heterocycles. The highest BCUT2D eigenvalue weighted by molar-refractivity contribution is 9.10. The van der Waals surface area contributed by atoms with Crippen LogP contribution in [-0.4, -0.2) is 20.1 Å². The molecule has 0 aromatic carbocycles. The molecule has 1 aliphatic rings. The zero-order chi connectivity index (χ0) is 13.4. The van der Waals surface area contributed by atoms with Crippen molar-refractivity contribution < 1.29 is 17.9 Å². The van der Waals surface area contributed by atoms with Gasteiger partial charge in [-0.2, -0.15) is 0 Å². The van der Waals surface area contributed by atoms with Gasteiger partial charge in [-0.15, -0.1) is 0 Å². The topological polar surface area (TPSA) is 79.5 Å². The minimum atomic E-state index is -3.59. The van der Waals surface area contributed by atoms with Crippen LogP contribution in [0.5, 0.6) is 0 Å². The molecule has 0 spiro atoms. The smallest absolute Gasteiger partial charge is 0.244 e. The molecule has 1 saturated carbocycles. The van der Waals surface area contributed by atoms with Crippen molar-refractivity contribution in [1.29, 1.82) is 0 Å². The summed E-state index contributed by atoms with van der Waals surface area (Å²) in [7, 11) is -3.59. The van der Waals surface area contributed by atoms with Crippen molar-refractivity contribution >= 4 is 26.0 Å². The fourth-order valence-corrected chi connectivity index (χ4v) is 3.97. The van der Waals surface area contributed by atoms with Gasteiger partial charge in [0.1, 0.15) is 17.3 Å². The predicted molar refractivity (Wildman–Crippen MR) is 69.5 cm³/mol. The molecule has 0 radical (unpaired) electrons. The minimum absolute atomic E-state index is 0.0402. The zero-order valence-corrected chi connectivity index (χ0v) is 12.5. The van der Waals surface area contributed by atoms with Crippen LogP contribution in [0.1, 0.15) is 31.9 Å². The molecule has 5 nitrogen and oxygen atoms in total. The van der Waals surface area contributed by atoms with Gasteiger partial charge in [0.2, 0.25) is 10.0 Å². The normalized spacial score (nSPS) is 17.9. The summed E-state index contributed by atoms with van der Waals surface area (Å²) in [5, 5.41) is 8.92. The van der Waals surface area contributed by atoms with Gasteiger partial charge in [0.15, 0.2) is 4.67 Å². The summed E-state index contributed by atoms with van der Waals surface area (Å²) in [5.74, 6) is 0.221. The molecule has 0 bridgehead atoms. The van der Waals surface area contributed by atoms with Gasteiger partial charge in [-0.1, -0.05) is 6.92 Å². The molecule has 2 N–H and O–H groups in total. The predicted octanol–water partition coefficient (Wildman–Crippen LogP) is 2.00. The van der Waals surface area contributed by atoms with E-state index in [-0.39, 0.29) is 27.3 Å². The second kappa shape index (κ2) is 4.96. The van der Waals surface area contributed by atoms with Crippen molar-refractivity contribution in [2.75, 3.05) is 6.54 Å². The average Bonchev–Trinajstić information content (AvgIpc) is 3.03. The molecular formula is C11H16BrNO4S. The lowest BCUT2D eigenvalue weighted by Gasteiger charge is -2.12. The number of rotatable bonds is 6. The third kappa shape index (κ3) is 2.79. The molecule has 0 aliphatic heterocycles. The van der Waals surface area contributed by atoms with E-state index in [2.05, 4.69) is 27.6 Å². The van der Waals surface area contributed by atoms with Crippen LogP contribution in [0.15, 0.2) is 20.0 Å². The number of nitrogens with one attached hydrogen (secondary N) is 1. The van der Waals surface area contributed by atoms with E-state index in [0.29, 0.717) is 6.54 Å². The van der Waals surface area contributed by atoms with E-state index in [4.69, 9.17) is 9.52 Å². The van der Waals surface area contributed by atoms with E-state index >= 15 is 0 Å². The number of aliphatic hydroxyl groups excluding tert-OH is 1. The lowest BCUT2D eigenvalue weighted by atomic mass is 10.1. The SMILES string of the molecule is CCC1(CNS(=O)(=O)c2cc(CO)oc2Br)CC1. The van der Waals surface area contributed by atoms with Crippen LogP contribution in [0.4, 0.5) is 0 Å². The molecule has 1 aromatic heterocycles. The molecule has 102 valence electrons. The van der Waals surface area contributed by atoms with Gasteiger partial charge in [0, 0.05) is 12.6 Å². The number of hydrogen-bond donors (Lipinski definition) is 2. The zero-order valence-electron chi connectivity index (χ0n) is 10.1. The van der Waals surface area contributed by atoms with E-state index in [1.54, 1.807) is 0 Å². The van der Waals surface area contributed by atoms with E-state index in [0.717, 1.165) is 19.3 Å². The lowest BCUT2D eigenvalue weighted by Crippen LogP contribution is -2.30. The monoisotopic (exact) mass is 337 g/mol. The number of aliphatic hydroxyl groups is 1. The van der Waals surface area contributed by atoms with Crippen molar-refractivity contribution in [3.8, 4) is 0 Å². The van der Waals surface area contributed by atoms with Gasteiger partial charge in [-0.25, -0.2) is 13.1 Å². The van der Waals surface area contributed by atoms with E-state index in [1.807, 2.05) is 0 Å². The van der Waals surface area contributed by atoms with E-state index < -0.39 is 10.0 Å². The molecule has 18 heavy (non-hydrogen) atoms. The third-order valence-electron chi connectivity index (χ3n) is 3.50. The van der Waals surface area contributed by atoms with Gasteiger partial charge in [0.25, 0.3) is 0 Å². The maximum Gasteiger partial charge on any atom is 0.244 e. The molecule has 0 amide bonds. The summed E-state index contributed by atoms with van der Waals surface area (Å²) < 4.78 is 32.0. The number of halogens is 1. The summed E-state index contributed by atoms with van der Waals surface area (Å²) in [6, 6.07) is 1.33. The first-order chi connectivity index (χ1) is 8.42. The average molecular weight is 338 g/mol. The van der Waals surface area contributed by atoms with Crippen molar-refractivity contribution in [3.63, 3.8) is 0 Å². The summed E-state index contributed by atoms with van der Waals surface area (Å²) in [6.45, 7) is 2.20. The highest BCUT2D eigenvalue weighted by atomic mass is 79.9. The van der Waals surface area contributed by atoms with Crippen LogP contribution in [0.3, 0.4) is 0 Å². The number of hydrogen-bond acceptors (Lipinski definition) is 4. The molecule has 2 rings (SSSR count). The summed E-state index contributed by atoms with van der Waals surface area (Å²) in [5.41, 5.74) is 0.142. The standard InChI is InChI=1S/C11H16BrNO4S/c1-2-11(3-4-11)7-13-18(15,16)9-5-8(6-14)17-10(9)12/h5,13-14H,2-4,6-7H2,1H3. The van der Waals surface area contributed by atoms with Gasteiger partial charge >= 0.3 is 0 Å². The molecule has 0 atom stereocenters. The fraction of sp³-hybridized carbons (Fsp3) is 0.636. The molecule has 0 saturated heterocycles. The van der Waals surface area contributed by atoms with Crippen LogP contribution in [0.25, 0.3) is 0 Å². The molecule has 1 fully saturated rings. The Labute approximate surface area is 115 Å². The Hall–Kier alpha value is -0.370. The third-order valence-corrected chi connectivity index (χ3v) is 5.75. The first kappa shape index (κ1) is 14.0. The number of furan rings is 1. The second-order valence-corrected chi connectivity index (χ2v) is 7.14. The van der Waals surface area contributed by atoms with Crippen LogP contribution in [-0.2, 0) is 16.6 Å². The van der Waals surface area contributed by atoms with Gasteiger partial charge < -0.3 is 9.52 Å². The second-order valence-electron chi connectivity index (χ2n) is 4.69. The van der Waals surface area contributed by atoms with Gasteiger partial charge in [0.05, 0.1) is 0 Å². The first-order valence-corrected chi connectivity index (χ1v) is 8.09. The Morgan fingerprint density at radius 3 is 2.67 bits per heavy atom. The van der Waals surface area contributed by atoms with E-state index in [1.165, 1.54) is 6.07 Å². The van der Waals surface area contributed by atoms with E-state index in [9.17, 15) is 8.42 Å². The van der Waals surface area contributed by atoms with Crippen LogP contribution < -0.4 is 4.72 Å². The summed E-state index contributed by atoms with van der Waals surface area (Å²) in [4.78, 5) is 0.0402. The fourth-order valence-electron chi connectivity index (χ4n) is 1.82. The Balaban J connectivity index is 2.12.